The van der Waals surface area contributed by atoms with Crippen LogP contribution in [0, 0.1) is 0 Å². The molecule has 4 nitrogen and oxygen atoms in total. The smallest absolute Gasteiger partial charge is 0.135 e. The maximum absolute atomic E-state index is 6.50. The largest absolute Gasteiger partial charge is 0.456 e. The zero-order chi connectivity index (χ0) is 39.6. The Hall–Kier alpha value is -8.08. The average molecular weight is 768 g/mol. The molecule has 0 fully saturated rings. The molecule has 0 atom stereocenters. The summed E-state index contributed by atoms with van der Waals surface area (Å²) >= 11 is 0. The molecule has 0 spiro atoms. The Kier molecular flexibility index (Phi) is 7.82. The molecule has 2 heterocycles. The normalized spacial score (nSPS) is 11.7. The van der Waals surface area contributed by atoms with E-state index in [0.717, 1.165) is 67.3 Å². The molecule has 2 aromatic heterocycles. The van der Waals surface area contributed by atoms with Crippen molar-refractivity contribution in [3.63, 3.8) is 0 Å². The van der Waals surface area contributed by atoms with Crippen molar-refractivity contribution >= 4 is 88.6 Å². The van der Waals surface area contributed by atoms with Crippen molar-refractivity contribution in [2.75, 3.05) is 9.80 Å². The number of aromatic nitrogens is 1. The van der Waals surface area contributed by atoms with Crippen molar-refractivity contribution in [3.05, 3.63) is 224 Å². The van der Waals surface area contributed by atoms with Crippen LogP contribution < -0.4 is 9.80 Å². The van der Waals surface area contributed by atoms with Crippen LogP contribution in [0.5, 0.6) is 0 Å². The van der Waals surface area contributed by atoms with Gasteiger partial charge in [-0.25, -0.2) is 0 Å². The summed E-state index contributed by atoms with van der Waals surface area (Å²) in [5.41, 5.74) is 14.2. The van der Waals surface area contributed by atoms with E-state index in [9.17, 15) is 0 Å². The van der Waals surface area contributed by atoms with Crippen molar-refractivity contribution < 1.29 is 4.42 Å². The van der Waals surface area contributed by atoms with Gasteiger partial charge in [-0.15, -0.1) is 0 Å². The number of fused-ring (bicyclic) bond motifs is 3. The summed E-state index contributed by atoms with van der Waals surface area (Å²) in [5, 5.41) is 7.11. The molecule has 10 aromatic carbocycles. The molecular formula is C56H37N3O. The minimum absolute atomic E-state index is 0.869. The van der Waals surface area contributed by atoms with Gasteiger partial charge in [0.15, 0.2) is 0 Å². The average Bonchev–Trinajstić information content (AvgIpc) is 3.86. The van der Waals surface area contributed by atoms with Crippen molar-refractivity contribution in [3.8, 4) is 16.8 Å². The highest BCUT2D eigenvalue weighted by Gasteiger charge is 2.24. The van der Waals surface area contributed by atoms with E-state index in [1.807, 2.05) is 0 Å². The molecule has 0 aliphatic carbocycles. The van der Waals surface area contributed by atoms with Crippen molar-refractivity contribution in [2.45, 2.75) is 0 Å². The summed E-state index contributed by atoms with van der Waals surface area (Å²) in [4.78, 5) is 4.68. The first-order valence-corrected chi connectivity index (χ1v) is 20.4. The summed E-state index contributed by atoms with van der Waals surface area (Å²) in [6.45, 7) is 0. The number of hydrogen-bond acceptors (Lipinski definition) is 3. The minimum atomic E-state index is 0.869. The SMILES string of the molecule is c1ccc(N(c2ccccc2)c2ccc3oc4ccc(-c5ccc6c7c5ccc5c(N(c8ccccc8)c8ccccc8)ccc(c57)n6-c5ccccc5)cc4c3c2)cc1. The molecule has 0 saturated carbocycles. The Morgan fingerprint density at radius 2 is 0.817 bits per heavy atom. The fraction of sp³-hybridized carbons (Fsp3) is 0. The van der Waals surface area contributed by atoms with Gasteiger partial charge in [-0.2, -0.15) is 0 Å². The standard InChI is InChI=1S/C56H37N3O/c1-6-16-39(17-7-1)57(40-18-8-2-9-19-40)44-27-35-54-49(37-44)48-36-38(26-34-53(48)60-54)45-30-31-51-55-46(45)28-29-47-50(32-33-52(56(47)55)59(51)43-24-14-5-15-25-43)58(41-20-10-3-11-21-41)42-22-12-4-13-23-42/h1-37H. The molecule has 0 aliphatic rings. The summed E-state index contributed by atoms with van der Waals surface area (Å²) in [5.74, 6) is 0. The third kappa shape index (κ3) is 5.39. The second-order valence-corrected chi connectivity index (χ2v) is 15.3. The molecule has 0 bridgehead atoms. The van der Waals surface area contributed by atoms with Crippen LogP contribution in [0.15, 0.2) is 229 Å². The van der Waals surface area contributed by atoms with Gasteiger partial charge < -0.3 is 18.8 Å². The number of benzene rings is 10. The second kappa shape index (κ2) is 13.8. The molecule has 0 radical (unpaired) electrons. The number of para-hydroxylation sites is 5. The third-order valence-electron chi connectivity index (χ3n) is 11.9. The highest BCUT2D eigenvalue weighted by Crippen LogP contribution is 2.48. The molecule has 4 heteroatoms. The van der Waals surface area contributed by atoms with Crippen LogP contribution in [0.1, 0.15) is 0 Å². The van der Waals surface area contributed by atoms with Crippen LogP contribution in [-0.4, -0.2) is 4.57 Å². The molecule has 60 heavy (non-hydrogen) atoms. The van der Waals surface area contributed by atoms with Crippen molar-refractivity contribution in [1.29, 1.82) is 0 Å². The van der Waals surface area contributed by atoms with Crippen molar-refractivity contribution in [2.24, 2.45) is 0 Å². The summed E-state index contributed by atoms with van der Waals surface area (Å²) in [7, 11) is 0. The van der Waals surface area contributed by atoms with Gasteiger partial charge in [0.05, 0.1) is 16.7 Å². The predicted molar refractivity (Wildman–Crippen MR) is 252 cm³/mol. The molecule has 12 rings (SSSR count). The molecule has 0 aliphatic heterocycles. The maximum atomic E-state index is 6.50. The molecule has 0 unspecified atom stereocenters. The quantitative estimate of drug-likeness (QED) is 0.144. The van der Waals surface area contributed by atoms with E-state index in [2.05, 4.69) is 239 Å². The van der Waals surface area contributed by atoms with Crippen LogP contribution in [0.25, 0.3) is 71.3 Å². The Bertz CT molecular complexity index is 3390. The minimum Gasteiger partial charge on any atom is -0.456 e. The maximum Gasteiger partial charge on any atom is 0.135 e. The van der Waals surface area contributed by atoms with Gasteiger partial charge in [-0.1, -0.05) is 115 Å². The van der Waals surface area contributed by atoms with Gasteiger partial charge in [0.2, 0.25) is 0 Å². The fourth-order valence-corrected chi connectivity index (χ4v) is 9.30. The Morgan fingerprint density at radius 1 is 0.333 bits per heavy atom. The number of hydrogen-bond donors (Lipinski definition) is 0. The molecule has 12 aromatic rings. The fourth-order valence-electron chi connectivity index (χ4n) is 9.30. The van der Waals surface area contributed by atoms with Gasteiger partial charge in [0.25, 0.3) is 0 Å². The second-order valence-electron chi connectivity index (χ2n) is 15.3. The van der Waals surface area contributed by atoms with E-state index in [1.165, 1.54) is 38.1 Å². The Morgan fingerprint density at radius 3 is 1.42 bits per heavy atom. The first kappa shape index (κ1) is 34.0. The van der Waals surface area contributed by atoms with E-state index in [-0.39, 0.29) is 0 Å². The van der Waals surface area contributed by atoms with E-state index in [0.29, 0.717) is 0 Å². The molecular weight excluding hydrogens is 731 g/mol. The van der Waals surface area contributed by atoms with E-state index >= 15 is 0 Å². The topological polar surface area (TPSA) is 24.6 Å². The van der Waals surface area contributed by atoms with Crippen LogP contribution >= 0.6 is 0 Å². The highest BCUT2D eigenvalue weighted by atomic mass is 16.3. The monoisotopic (exact) mass is 767 g/mol. The summed E-state index contributed by atoms with van der Waals surface area (Å²) in [6.07, 6.45) is 0. The van der Waals surface area contributed by atoms with Gasteiger partial charge in [0, 0.05) is 61.1 Å². The number of furan rings is 1. The zero-order valence-electron chi connectivity index (χ0n) is 32.6. The molecule has 0 saturated heterocycles. The lowest BCUT2D eigenvalue weighted by Crippen LogP contribution is -2.10. The predicted octanol–water partition coefficient (Wildman–Crippen LogP) is 15.9. The van der Waals surface area contributed by atoms with Crippen LogP contribution in [0.2, 0.25) is 0 Å². The van der Waals surface area contributed by atoms with E-state index in [1.54, 1.807) is 0 Å². The lowest BCUT2D eigenvalue weighted by atomic mass is 9.93. The first-order valence-electron chi connectivity index (χ1n) is 20.4. The van der Waals surface area contributed by atoms with E-state index in [4.69, 9.17) is 4.42 Å². The lowest BCUT2D eigenvalue weighted by Gasteiger charge is -2.27. The van der Waals surface area contributed by atoms with Crippen LogP contribution in [0.4, 0.5) is 34.1 Å². The number of nitrogens with zero attached hydrogens (tertiary/aromatic N) is 3. The molecule has 0 amide bonds. The Labute approximate surface area is 347 Å². The van der Waals surface area contributed by atoms with E-state index < -0.39 is 0 Å². The number of anilines is 6. The van der Waals surface area contributed by atoms with Gasteiger partial charge in [0.1, 0.15) is 11.2 Å². The van der Waals surface area contributed by atoms with Gasteiger partial charge in [-0.05, 0) is 126 Å². The summed E-state index contributed by atoms with van der Waals surface area (Å²) < 4.78 is 8.93. The van der Waals surface area contributed by atoms with Crippen molar-refractivity contribution in [1.82, 2.24) is 4.57 Å². The van der Waals surface area contributed by atoms with Crippen LogP contribution in [-0.2, 0) is 0 Å². The molecule has 0 N–H and O–H groups in total. The Balaban J connectivity index is 1.07. The first-order chi connectivity index (χ1) is 29.8. The third-order valence-corrected chi connectivity index (χ3v) is 11.9. The van der Waals surface area contributed by atoms with Gasteiger partial charge in [-0.3, -0.25) is 0 Å². The lowest BCUT2D eigenvalue weighted by molar-refractivity contribution is 0.669. The van der Waals surface area contributed by atoms with Crippen LogP contribution in [0.3, 0.4) is 0 Å². The number of rotatable bonds is 8. The highest BCUT2D eigenvalue weighted by molar-refractivity contribution is 6.29. The zero-order valence-corrected chi connectivity index (χ0v) is 32.6. The summed E-state index contributed by atoms with van der Waals surface area (Å²) in [6, 6.07) is 80.2. The molecule has 282 valence electrons. The van der Waals surface area contributed by atoms with Gasteiger partial charge >= 0.3 is 0 Å².